The number of aromatic amines is 1. The third-order valence-corrected chi connectivity index (χ3v) is 4.22. The van der Waals surface area contributed by atoms with E-state index < -0.39 is 5.97 Å². The number of H-pyrrole nitrogens is 1. The molecule has 0 aliphatic heterocycles. The van der Waals surface area contributed by atoms with Crippen molar-refractivity contribution in [3.8, 4) is 17.1 Å². The maximum atomic E-state index is 10.8. The fraction of sp³-hybridized carbons (Fsp3) is 0.300. The van der Waals surface area contributed by atoms with Crippen LogP contribution in [0.2, 0.25) is 0 Å². The van der Waals surface area contributed by atoms with Gasteiger partial charge in [0.2, 0.25) is 0 Å². The van der Waals surface area contributed by atoms with E-state index in [0.29, 0.717) is 13.0 Å². The Morgan fingerprint density at radius 3 is 2.76 bits per heavy atom. The summed E-state index contributed by atoms with van der Waals surface area (Å²) in [5.74, 6) is 0.607. The average molecular weight is 338 g/mol. The van der Waals surface area contributed by atoms with Gasteiger partial charge in [0, 0.05) is 11.6 Å². The first-order valence-corrected chi connectivity index (χ1v) is 8.54. The predicted octanol–water partition coefficient (Wildman–Crippen LogP) is 4.50. The minimum Gasteiger partial charge on any atom is -0.494 e. The molecule has 5 nitrogen and oxygen atoms in total. The van der Waals surface area contributed by atoms with Crippen molar-refractivity contribution in [3.63, 3.8) is 0 Å². The van der Waals surface area contributed by atoms with Gasteiger partial charge in [0.15, 0.2) is 0 Å². The Labute approximate surface area is 146 Å². The molecule has 0 aliphatic rings. The van der Waals surface area contributed by atoms with Crippen LogP contribution in [0.15, 0.2) is 48.5 Å². The van der Waals surface area contributed by atoms with Crippen LogP contribution >= 0.6 is 0 Å². The number of fused-ring (bicyclic) bond motifs is 1. The normalized spacial score (nSPS) is 12.2. The topological polar surface area (TPSA) is 75.2 Å². The van der Waals surface area contributed by atoms with Crippen LogP contribution in [-0.4, -0.2) is 27.7 Å². The third-order valence-electron chi connectivity index (χ3n) is 4.22. The zero-order chi connectivity index (χ0) is 17.6. The molecule has 1 atom stereocenters. The first-order chi connectivity index (χ1) is 12.1. The van der Waals surface area contributed by atoms with Crippen molar-refractivity contribution in [2.75, 3.05) is 6.61 Å². The van der Waals surface area contributed by atoms with Gasteiger partial charge in [0.05, 0.1) is 23.6 Å². The Hall–Kier alpha value is -2.82. The van der Waals surface area contributed by atoms with Crippen molar-refractivity contribution < 1.29 is 14.6 Å². The van der Waals surface area contributed by atoms with E-state index in [9.17, 15) is 4.79 Å². The van der Waals surface area contributed by atoms with E-state index in [1.54, 1.807) is 6.92 Å². The maximum Gasteiger partial charge on any atom is 0.306 e. The van der Waals surface area contributed by atoms with Gasteiger partial charge in [-0.25, -0.2) is 4.98 Å². The Morgan fingerprint density at radius 1 is 1.20 bits per heavy atom. The number of unbranched alkanes of at least 4 members (excludes halogenated alkanes) is 1. The molecular formula is C20H22N2O3. The molecule has 0 saturated carbocycles. The van der Waals surface area contributed by atoms with Gasteiger partial charge in [-0.2, -0.15) is 0 Å². The summed E-state index contributed by atoms with van der Waals surface area (Å²) in [4.78, 5) is 18.7. The standard InChI is InChI=1S/C20H22N2O3/c1-14(20(23)24)7-5-6-12-25-16-10-11-17-18(13-16)22-19(21-17)15-8-3-2-4-9-15/h2-4,8-11,13-14H,5-7,12H2,1H3,(H,21,22)(H,23,24). The lowest BCUT2D eigenvalue weighted by Crippen LogP contribution is -2.09. The molecule has 0 spiro atoms. The number of aliphatic carboxylic acids is 1. The van der Waals surface area contributed by atoms with E-state index >= 15 is 0 Å². The monoisotopic (exact) mass is 338 g/mol. The molecule has 0 fully saturated rings. The van der Waals surface area contributed by atoms with Crippen LogP contribution in [0.25, 0.3) is 22.4 Å². The van der Waals surface area contributed by atoms with Gasteiger partial charge < -0.3 is 14.8 Å². The zero-order valence-corrected chi connectivity index (χ0v) is 14.2. The van der Waals surface area contributed by atoms with E-state index in [-0.39, 0.29) is 5.92 Å². The zero-order valence-electron chi connectivity index (χ0n) is 14.2. The minimum absolute atomic E-state index is 0.294. The van der Waals surface area contributed by atoms with Crippen LogP contribution in [0.3, 0.4) is 0 Å². The SMILES string of the molecule is CC(CCCCOc1ccc2nc(-c3ccccc3)[nH]c2c1)C(=O)O. The number of imidazole rings is 1. The van der Waals surface area contributed by atoms with Gasteiger partial charge in [-0.05, 0) is 31.4 Å². The molecule has 0 radical (unpaired) electrons. The predicted molar refractivity (Wildman–Crippen MR) is 97.7 cm³/mol. The second-order valence-electron chi connectivity index (χ2n) is 6.21. The highest BCUT2D eigenvalue weighted by Crippen LogP contribution is 2.24. The Kier molecular flexibility index (Phi) is 5.33. The number of benzene rings is 2. The summed E-state index contributed by atoms with van der Waals surface area (Å²) in [7, 11) is 0. The van der Waals surface area contributed by atoms with Crippen LogP contribution in [0.5, 0.6) is 5.75 Å². The van der Waals surface area contributed by atoms with Gasteiger partial charge in [-0.15, -0.1) is 0 Å². The van der Waals surface area contributed by atoms with Gasteiger partial charge in [0.1, 0.15) is 11.6 Å². The number of hydrogen-bond acceptors (Lipinski definition) is 3. The molecule has 2 N–H and O–H groups in total. The Balaban J connectivity index is 1.57. The molecule has 1 unspecified atom stereocenters. The van der Waals surface area contributed by atoms with Gasteiger partial charge in [0.25, 0.3) is 0 Å². The summed E-state index contributed by atoms with van der Waals surface area (Å²) in [6.45, 7) is 2.32. The minimum atomic E-state index is -0.736. The summed E-state index contributed by atoms with van der Waals surface area (Å²) in [5, 5.41) is 8.86. The largest absolute Gasteiger partial charge is 0.494 e. The van der Waals surface area contributed by atoms with E-state index in [4.69, 9.17) is 9.84 Å². The van der Waals surface area contributed by atoms with Crippen molar-refractivity contribution in [1.82, 2.24) is 9.97 Å². The van der Waals surface area contributed by atoms with Crippen LogP contribution in [0.1, 0.15) is 26.2 Å². The molecule has 130 valence electrons. The molecule has 5 heteroatoms. The highest BCUT2D eigenvalue weighted by atomic mass is 16.5. The van der Waals surface area contributed by atoms with E-state index in [1.165, 1.54) is 0 Å². The lowest BCUT2D eigenvalue weighted by atomic mass is 10.1. The number of carboxylic acid groups (broad SMARTS) is 1. The number of carboxylic acids is 1. The summed E-state index contributed by atoms with van der Waals surface area (Å²) >= 11 is 0. The second-order valence-corrected chi connectivity index (χ2v) is 6.21. The highest BCUT2D eigenvalue weighted by Gasteiger charge is 2.10. The molecule has 3 rings (SSSR count). The molecule has 0 bridgehead atoms. The first kappa shape index (κ1) is 17.0. The summed E-state index contributed by atoms with van der Waals surface area (Å²) in [5.41, 5.74) is 2.89. The van der Waals surface area contributed by atoms with Gasteiger partial charge >= 0.3 is 5.97 Å². The molecule has 0 amide bonds. The number of ether oxygens (including phenoxy) is 1. The first-order valence-electron chi connectivity index (χ1n) is 8.54. The van der Waals surface area contributed by atoms with Crippen LogP contribution in [0.4, 0.5) is 0 Å². The molecule has 1 heterocycles. The van der Waals surface area contributed by atoms with Crippen molar-refractivity contribution in [2.24, 2.45) is 5.92 Å². The fourth-order valence-corrected chi connectivity index (χ4v) is 2.68. The molecular weight excluding hydrogens is 316 g/mol. The molecule has 3 aromatic rings. The number of carbonyl (C=O) groups is 1. The summed E-state index contributed by atoms with van der Waals surface area (Å²) < 4.78 is 5.78. The van der Waals surface area contributed by atoms with E-state index in [2.05, 4.69) is 9.97 Å². The van der Waals surface area contributed by atoms with Crippen molar-refractivity contribution in [1.29, 1.82) is 0 Å². The fourth-order valence-electron chi connectivity index (χ4n) is 2.68. The molecule has 25 heavy (non-hydrogen) atoms. The van der Waals surface area contributed by atoms with Crippen LogP contribution in [-0.2, 0) is 4.79 Å². The quantitative estimate of drug-likeness (QED) is 0.593. The van der Waals surface area contributed by atoms with Crippen LogP contribution < -0.4 is 4.74 Å². The van der Waals surface area contributed by atoms with Crippen LogP contribution in [0, 0.1) is 5.92 Å². The number of hydrogen-bond donors (Lipinski definition) is 2. The average Bonchev–Trinajstić information content (AvgIpc) is 3.05. The lowest BCUT2D eigenvalue weighted by molar-refractivity contribution is -0.141. The second kappa shape index (κ2) is 7.83. The summed E-state index contributed by atoms with van der Waals surface area (Å²) in [6, 6.07) is 15.8. The number of aromatic nitrogens is 2. The molecule has 1 aromatic heterocycles. The third kappa shape index (κ3) is 4.38. The molecule has 0 saturated heterocycles. The highest BCUT2D eigenvalue weighted by molar-refractivity contribution is 5.80. The van der Waals surface area contributed by atoms with Gasteiger partial charge in [-0.1, -0.05) is 37.3 Å². The van der Waals surface area contributed by atoms with Gasteiger partial charge in [-0.3, -0.25) is 4.79 Å². The number of nitrogens with one attached hydrogen (secondary N) is 1. The van der Waals surface area contributed by atoms with Crippen molar-refractivity contribution >= 4 is 17.0 Å². The van der Waals surface area contributed by atoms with E-state index in [0.717, 1.165) is 41.0 Å². The number of rotatable bonds is 8. The Bertz CT molecular complexity index is 843. The Morgan fingerprint density at radius 2 is 2.00 bits per heavy atom. The molecule has 2 aromatic carbocycles. The maximum absolute atomic E-state index is 10.8. The lowest BCUT2D eigenvalue weighted by Gasteiger charge is -2.07. The number of nitrogens with zero attached hydrogens (tertiary/aromatic N) is 1. The molecule has 0 aliphatic carbocycles. The smallest absolute Gasteiger partial charge is 0.306 e. The van der Waals surface area contributed by atoms with E-state index in [1.807, 2.05) is 48.5 Å². The summed E-state index contributed by atoms with van der Waals surface area (Å²) in [6.07, 6.45) is 2.37. The van der Waals surface area contributed by atoms with Crippen molar-refractivity contribution in [2.45, 2.75) is 26.2 Å². The van der Waals surface area contributed by atoms with Crippen molar-refractivity contribution in [3.05, 3.63) is 48.5 Å².